The van der Waals surface area contributed by atoms with Crippen molar-refractivity contribution in [3.8, 4) is 12.3 Å². The summed E-state index contributed by atoms with van der Waals surface area (Å²) in [5.41, 5.74) is 0. The molecule has 0 aromatic rings. The maximum absolute atomic E-state index is 11.3. The highest BCUT2D eigenvalue weighted by Crippen LogP contribution is 1.96. The number of hydrogen-bond acceptors (Lipinski definition) is 3. The van der Waals surface area contributed by atoms with E-state index in [4.69, 9.17) is 6.42 Å². The molecule has 1 saturated heterocycles. The molecule has 1 aliphatic heterocycles. The van der Waals surface area contributed by atoms with Gasteiger partial charge in [-0.1, -0.05) is 0 Å². The maximum atomic E-state index is 11.3. The fraction of sp³-hybridized carbons (Fsp3) is 0.700. The highest BCUT2D eigenvalue weighted by molar-refractivity contribution is 5.80. The molecule has 1 aliphatic rings. The third-order valence-corrected chi connectivity index (χ3v) is 2.16. The molecular formula is C10H16N2O. The molecule has 0 bridgehead atoms. The molecule has 0 saturated carbocycles. The Kier molecular flexibility index (Phi) is 4.52. The smallest absolute Gasteiger partial charge is 0.147 e. The number of Topliss-reactive ketones (excluding diaryl/α,β-unsaturated/α-hetero) is 1. The number of hydrogen-bond donors (Lipinski definition) is 1. The highest BCUT2D eigenvalue weighted by atomic mass is 16.1. The SMILES string of the molecule is C#CCCC(=O)CN1CCNCC1. The second kappa shape index (κ2) is 5.74. The summed E-state index contributed by atoms with van der Waals surface area (Å²) in [6.07, 6.45) is 6.19. The molecule has 0 atom stereocenters. The molecule has 0 unspecified atom stereocenters. The molecular weight excluding hydrogens is 164 g/mol. The summed E-state index contributed by atoms with van der Waals surface area (Å²) < 4.78 is 0. The molecule has 0 amide bonds. The van der Waals surface area contributed by atoms with Gasteiger partial charge < -0.3 is 5.32 Å². The van der Waals surface area contributed by atoms with E-state index in [0.29, 0.717) is 19.4 Å². The van der Waals surface area contributed by atoms with E-state index in [9.17, 15) is 4.79 Å². The van der Waals surface area contributed by atoms with Crippen molar-refractivity contribution in [3.05, 3.63) is 0 Å². The van der Waals surface area contributed by atoms with E-state index in [1.165, 1.54) is 0 Å². The minimum Gasteiger partial charge on any atom is -0.314 e. The van der Waals surface area contributed by atoms with Gasteiger partial charge >= 0.3 is 0 Å². The molecule has 72 valence electrons. The molecule has 0 aromatic heterocycles. The van der Waals surface area contributed by atoms with Crippen LogP contribution in [0.1, 0.15) is 12.8 Å². The molecule has 0 aliphatic carbocycles. The van der Waals surface area contributed by atoms with E-state index >= 15 is 0 Å². The lowest BCUT2D eigenvalue weighted by molar-refractivity contribution is -0.120. The average Bonchev–Trinajstić information content (AvgIpc) is 2.16. The van der Waals surface area contributed by atoms with E-state index in [0.717, 1.165) is 26.2 Å². The molecule has 3 nitrogen and oxygen atoms in total. The fourth-order valence-corrected chi connectivity index (χ4v) is 1.41. The summed E-state index contributed by atoms with van der Waals surface area (Å²) in [6, 6.07) is 0. The zero-order valence-electron chi connectivity index (χ0n) is 7.88. The van der Waals surface area contributed by atoms with E-state index in [2.05, 4.69) is 16.1 Å². The first-order chi connectivity index (χ1) is 6.33. The second-order valence-corrected chi connectivity index (χ2v) is 3.27. The quantitative estimate of drug-likeness (QED) is 0.612. The largest absolute Gasteiger partial charge is 0.314 e. The molecule has 0 aromatic carbocycles. The Morgan fingerprint density at radius 1 is 1.46 bits per heavy atom. The van der Waals surface area contributed by atoms with Gasteiger partial charge in [0.1, 0.15) is 5.78 Å². The Labute approximate surface area is 79.5 Å². The van der Waals surface area contributed by atoms with Gasteiger partial charge in [-0.2, -0.15) is 0 Å². The molecule has 13 heavy (non-hydrogen) atoms. The van der Waals surface area contributed by atoms with Crippen molar-refractivity contribution in [1.82, 2.24) is 10.2 Å². The Bertz CT molecular complexity index is 201. The van der Waals surface area contributed by atoms with Crippen LogP contribution < -0.4 is 5.32 Å². The summed E-state index contributed by atoms with van der Waals surface area (Å²) >= 11 is 0. The van der Waals surface area contributed by atoms with Crippen molar-refractivity contribution in [2.45, 2.75) is 12.8 Å². The highest BCUT2D eigenvalue weighted by Gasteiger charge is 2.12. The lowest BCUT2D eigenvalue weighted by atomic mass is 10.2. The van der Waals surface area contributed by atoms with Crippen LogP contribution in [0.5, 0.6) is 0 Å². The van der Waals surface area contributed by atoms with Crippen molar-refractivity contribution < 1.29 is 4.79 Å². The van der Waals surface area contributed by atoms with Crippen LogP contribution in [-0.2, 0) is 4.79 Å². The molecule has 0 radical (unpaired) electrons. The van der Waals surface area contributed by atoms with Gasteiger partial charge in [-0.3, -0.25) is 9.69 Å². The van der Waals surface area contributed by atoms with Crippen LogP contribution >= 0.6 is 0 Å². The van der Waals surface area contributed by atoms with Crippen LogP contribution in [0.4, 0.5) is 0 Å². The van der Waals surface area contributed by atoms with E-state index < -0.39 is 0 Å². The zero-order valence-corrected chi connectivity index (χ0v) is 7.88. The molecule has 1 rings (SSSR count). The Morgan fingerprint density at radius 3 is 2.77 bits per heavy atom. The van der Waals surface area contributed by atoms with Crippen molar-refractivity contribution in [1.29, 1.82) is 0 Å². The van der Waals surface area contributed by atoms with E-state index in [1.54, 1.807) is 0 Å². The van der Waals surface area contributed by atoms with Gasteiger partial charge in [0.2, 0.25) is 0 Å². The normalized spacial score (nSPS) is 18.1. The minimum absolute atomic E-state index is 0.264. The number of nitrogens with one attached hydrogen (secondary N) is 1. The first-order valence-corrected chi connectivity index (χ1v) is 4.71. The van der Waals surface area contributed by atoms with Crippen LogP contribution in [0, 0.1) is 12.3 Å². The van der Waals surface area contributed by atoms with Gasteiger partial charge in [0.05, 0.1) is 6.54 Å². The van der Waals surface area contributed by atoms with E-state index in [1.807, 2.05) is 0 Å². The maximum Gasteiger partial charge on any atom is 0.147 e. The molecule has 1 N–H and O–H groups in total. The predicted octanol–water partition coefficient (Wildman–Crippen LogP) is -0.126. The van der Waals surface area contributed by atoms with Crippen molar-refractivity contribution in [2.24, 2.45) is 0 Å². The number of rotatable bonds is 4. The number of nitrogens with zero attached hydrogens (tertiary/aromatic N) is 1. The summed E-state index contributed by atoms with van der Waals surface area (Å²) in [7, 11) is 0. The fourth-order valence-electron chi connectivity index (χ4n) is 1.41. The van der Waals surface area contributed by atoms with Gasteiger partial charge in [-0.05, 0) is 0 Å². The van der Waals surface area contributed by atoms with Crippen LogP contribution in [0.25, 0.3) is 0 Å². The van der Waals surface area contributed by atoms with Crippen LogP contribution in [0.3, 0.4) is 0 Å². The first-order valence-electron chi connectivity index (χ1n) is 4.71. The number of terminal acetylenes is 1. The predicted molar refractivity (Wildman–Crippen MR) is 52.4 cm³/mol. The summed E-state index contributed by atoms with van der Waals surface area (Å²) in [6.45, 7) is 4.50. The number of carbonyl (C=O) groups excluding carboxylic acids is 1. The Hall–Kier alpha value is -0.850. The van der Waals surface area contributed by atoms with Crippen LogP contribution in [0.2, 0.25) is 0 Å². The molecule has 1 fully saturated rings. The minimum atomic E-state index is 0.264. The summed E-state index contributed by atoms with van der Waals surface area (Å²) in [4.78, 5) is 13.5. The number of piperazine rings is 1. The lowest BCUT2D eigenvalue weighted by Crippen LogP contribution is -2.45. The van der Waals surface area contributed by atoms with Gasteiger partial charge in [-0.25, -0.2) is 0 Å². The number of carbonyl (C=O) groups is 1. The first kappa shape index (κ1) is 10.2. The summed E-state index contributed by atoms with van der Waals surface area (Å²) in [5.74, 6) is 2.75. The van der Waals surface area contributed by atoms with Crippen molar-refractivity contribution in [3.63, 3.8) is 0 Å². The second-order valence-electron chi connectivity index (χ2n) is 3.27. The van der Waals surface area contributed by atoms with Crippen molar-refractivity contribution in [2.75, 3.05) is 32.7 Å². The van der Waals surface area contributed by atoms with Gasteiger partial charge in [0, 0.05) is 39.0 Å². The molecule has 0 spiro atoms. The molecule has 1 heterocycles. The Balaban J connectivity index is 2.15. The standard InChI is InChI=1S/C10H16N2O/c1-2-3-4-10(13)9-12-7-5-11-6-8-12/h1,11H,3-9H2. The molecule has 3 heteroatoms. The Morgan fingerprint density at radius 2 is 2.15 bits per heavy atom. The van der Waals surface area contributed by atoms with Gasteiger partial charge in [0.25, 0.3) is 0 Å². The zero-order chi connectivity index (χ0) is 9.52. The monoisotopic (exact) mass is 180 g/mol. The average molecular weight is 180 g/mol. The van der Waals surface area contributed by atoms with Crippen LogP contribution in [0.15, 0.2) is 0 Å². The lowest BCUT2D eigenvalue weighted by Gasteiger charge is -2.26. The third-order valence-electron chi connectivity index (χ3n) is 2.16. The third kappa shape index (κ3) is 4.07. The van der Waals surface area contributed by atoms with Crippen molar-refractivity contribution >= 4 is 5.78 Å². The summed E-state index contributed by atoms with van der Waals surface area (Å²) in [5, 5.41) is 3.25. The van der Waals surface area contributed by atoms with Crippen LogP contribution in [-0.4, -0.2) is 43.4 Å². The van der Waals surface area contributed by atoms with Gasteiger partial charge in [0.15, 0.2) is 0 Å². The topological polar surface area (TPSA) is 32.3 Å². The van der Waals surface area contributed by atoms with E-state index in [-0.39, 0.29) is 5.78 Å². The number of ketones is 1. The van der Waals surface area contributed by atoms with Gasteiger partial charge in [-0.15, -0.1) is 12.3 Å².